The fraction of sp³-hybridized carbons (Fsp3) is 0.364. The molecule has 1 unspecified atom stereocenters. The number of rotatable bonds is 1. The lowest BCUT2D eigenvalue weighted by atomic mass is 9.90. The van der Waals surface area contributed by atoms with Crippen LogP contribution in [0.5, 0.6) is 0 Å². The van der Waals surface area contributed by atoms with Crippen LogP contribution in [0.15, 0.2) is 29.3 Å². The number of anilines is 1. The molecule has 1 heterocycles. The van der Waals surface area contributed by atoms with Crippen molar-refractivity contribution in [2.24, 2.45) is 10.9 Å². The molecule has 1 aromatic rings. The Morgan fingerprint density at radius 3 is 2.79 bits per heavy atom. The molecule has 0 amide bonds. The van der Waals surface area contributed by atoms with Gasteiger partial charge in [-0.1, -0.05) is 32.0 Å². The van der Waals surface area contributed by atoms with E-state index in [9.17, 15) is 5.11 Å². The summed E-state index contributed by atoms with van der Waals surface area (Å²) in [6, 6.07) is 7.69. The van der Waals surface area contributed by atoms with Crippen LogP contribution in [0, 0.1) is 5.92 Å². The van der Waals surface area contributed by atoms with Gasteiger partial charge in [0.05, 0.1) is 6.34 Å². The third-order valence-corrected chi connectivity index (χ3v) is 2.61. The van der Waals surface area contributed by atoms with E-state index in [-0.39, 0.29) is 5.92 Å². The lowest BCUT2D eigenvalue weighted by Crippen LogP contribution is -2.34. The number of nitrogens with zero attached hydrogens (tertiary/aromatic N) is 1. The minimum absolute atomic E-state index is 0.0574. The number of benzene rings is 1. The predicted molar refractivity (Wildman–Crippen MR) is 57.3 cm³/mol. The Bertz CT molecular complexity index is 373. The molecule has 1 aliphatic rings. The van der Waals surface area contributed by atoms with Crippen molar-refractivity contribution < 1.29 is 5.11 Å². The average Bonchev–Trinajstić information content (AvgIpc) is 2.18. The first-order valence-corrected chi connectivity index (χ1v) is 4.76. The van der Waals surface area contributed by atoms with Gasteiger partial charge in [0.15, 0.2) is 5.72 Å². The molecule has 1 aromatic carbocycles. The average molecular weight is 190 g/mol. The Morgan fingerprint density at radius 1 is 1.36 bits per heavy atom. The van der Waals surface area contributed by atoms with Crippen LogP contribution in [-0.4, -0.2) is 11.4 Å². The van der Waals surface area contributed by atoms with E-state index in [4.69, 9.17) is 0 Å². The highest BCUT2D eigenvalue weighted by Gasteiger charge is 2.35. The maximum absolute atomic E-state index is 10.4. The first kappa shape index (κ1) is 9.21. The Labute approximate surface area is 83.5 Å². The van der Waals surface area contributed by atoms with Crippen molar-refractivity contribution in [2.75, 3.05) is 5.32 Å². The number of hydrogen-bond acceptors (Lipinski definition) is 3. The second-order valence-electron chi connectivity index (χ2n) is 3.83. The van der Waals surface area contributed by atoms with E-state index in [1.807, 2.05) is 38.1 Å². The van der Waals surface area contributed by atoms with Crippen LogP contribution in [0.2, 0.25) is 0 Å². The molecule has 3 heteroatoms. The topological polar surface area (TPSA) is 44.6 Å². The van der Waals surface area contributed by atoms with Gasteiger partial charge in [-0.25, -0.2) is 4.99 Å². The summed E-state index contributed by atoms with van der Waals surface area (Å²) >= 11 is 0. The monoisotopic (exact) mass is 190 g/mol. The maximum Gasteiger partial charge on any atom is 0.188 e. The third kappa shape index (κ3) is 1.21. The van der Waals surface area contributed by atoms with E-state index >= 15 is 0 Å². The molecule has 0 radical (unpaired) electrons. The van der Waals surface area contributed by atoms with Crippen LogP contribution in [0.4, 0.5) is 5.69 Å². The molecule has 0 fully saturated rings. The maximum atomic E-state index is 10.4. The minimum Gasteiger partial charge on any atom is -0.365 e. The van der Waals surface area contributed by atoms with Gasteiger partial charge in [0.25, 0.3) is 0 Å². The van der Waals surface area contributed by atoms with Crippen molar-refractivity contribution in [3.63, 3.8) is 0 Å². The molecule has 0 spiro atoms. The van der Waals surface area contributed by atoms with Crippen LogP contribution in [-0.2, 0) is 5.72 Å². The van der Waals surface area contributed by atoms with E-state index in [0.717, 1.165) is 11.3 Å². The quantitative estimate of drug-likeness (QED) is 0.710. The zero-order chi connectivity index (χ0) is 10.2. The fourth-order valence-electron chi connectivity index (χ4n) is 1.66. The standard InChI is InChI=1S/C11H14N2O/c1-8(2)11(14)9-5-3-4-6-10(9)12-7-13-11/h3-8,14H,1-2H3,(H,12,13). The number of fused-ring (bicyclic) bond motifs is 1. The lowest BCUT2D eigenvalue weighted by molar-refractivity contribution is -0.000841. The predicted octanol–water partition coefficient (Wildman–Crippen LogP) is 1.94. The second kappa shape index (κ2) is 3.10. The Hall–Kier alpha value is -1.35. The van der Waals surface area contributed by atoms with Crippen LogP contribution in [0.25, 0.3) is 0 Å². The Morgan fingerprint density at radius 2 is 2.07 bits per heavy atom. The summed E-state index contributed by atoms with van der Waals surface area (Å²) in [6.45, 7) is 3.92. The Balaban J connectivity index is 2.55. The highest BCUT2D eigenvalue weighted by atomic mass is 16.3. The summed E-state index contributed by atoms with van der Waals surface area (Å²) in [7, 11) is 0. The van der Waals surface area contributed by atoms with E-state index in [1.54, 1.807) is 6.34 Å². The summed E-state index contributed by atoms with van der Waals surface area (Å²) in [6.07, 6.45) is 1.56. The number of aliphatic hydroxyl groups is 1. The number of aliphatic imine (C=N–C) groups is 1. The molecule has 3 nitrogen and oxygen atoms in total. The second-order valence-corrected chi connectivity index (χ2v) is 3.83. The SMILES string of the molecule is CC(C)C1(O)N=CNc2ccccc21. The molecule has 1 atom stereocenters. The van der Waals surface area contributed by atoms with E-state index < -0.39 is 5.72 Å². The van der Waals surface area contributed by atoms with E-state index in [2.05, 4.69) is 10.3 Å². The van der Waals surface area contributed by atoms with Gasteiger partial charge in [0.2, 0.25) is 0 Å². The molecular weight excluding hydrogens is 176 g/mol. The van der Waals surface area contributed by atoms with Crippen molar-refractivity contribution in [1.82, 2.24) is 0 Å². The van der Waals surface area contributed by atoms with Crippen LogP contribution in [0.3, 0.4) is 0 Å². The largest absolute Gasteiger partial charge is 0.365 e. The molecule has 74 valence electrons. The van der Waals surface area contributed by atoms with Gasteiger partial charge in [0, 0.05) is 17.2 Å². The molecule has 0 bridgehead atoms. The molecule has 2 rings (SSSR count). The van der Waals surface area contributed by atoms with Crippen molar-refractivity contribution in [3.8, 4) is 0 Å². The van der Waals surface area contributed by atoms with Crippen molar-refractivity contribution in [2.45, 2.75) is 19.6 Å². The summed E-state index contributed by atoms with van der Waals surface area (Å²) in [4.78, 5) is 4.12. The number of nitrogens with one attached hydrogen (secondary N) is 1. The zero-order valence-corrected chi connectivity index (χ0v) is 8.36. The number of para-hydroxylation sites is 1. The van der Waals surface area contributed by atoms with Gasteiger partial charge in [-0.3, -0.25) is 0 Å². The van der Waals surface area contributed by atoms with Gasteiger partial charge >= 0.3 is 0 Å². The summed E-state index contributed by atoms with van der Waals surface area (Å²) in [5.41, 5.74) is 0.693. The highest BCUT2D eigenvalue weighted by Crippen LogP contribution is 2.37. The molecule has 0 aliphatic carbocycles. The molecule has 14 heavy (non-hydrogen) atoms. The van der Waals surface area contributed by atoms with Gasteiger partial charge in [-0.2, -0.15) is 0 Å². The highest BCUT2D eigenvalue weighted by molar-refractivity contribution is 5.80. The molecular formula is C11H14N2O. The third-order valence-electron chi connectivity index (χ3n) is 2.61. The molecule has 0 aromatic heterocycles. The Kier molecular flexibility index (Phi) is 2.04. The summed E-state index contributed by atoms with van der Waals surface area (Å²) in [5.74, 6) is 0.0574. The fourth-order valence-corrected chi connectivity index (χ4v) is 1.66. The minimum atomic E-state index is -1.08. The van der Waals surface area contributed by atoms with Gasteiger partial charge in [-0.15, -0.1) is 0 Å². The summed E-state index contributed by atoms with van der Waals surface area (Å²) < 4.78 is 0. The summed E-state index contributed by atoms with van der Waals surface area (Å²) in [5, 5.41) is 13.4. The van der Waals surface area contributed by atoms with Crippen molar-refractivity contribution >= 4 is 12.0 Å². The van der Waals surface area contributed by atoms with Crippen molar-refractivity contribution in [1.29, 1.82) is 0 Å². The van der Waals surface area contributed by atoms with Crippen molar-refractivity contribution in [3.05, 3.63) is 29.8 Å². The number of hydrogen-bond donors (Lipinski definition) is 2. The zero-order valence-electron chi connectivity index (χ0n) is 8.36. The first-order chi connectivity index (χ1) is 6.64. The molecule has 2 N–H and O–H groups in total. The van der Waals surface area contributed by atoms with E-state index in [0.29, 0.717) is 0 Å². The van der Waals surface area contributed by atoms with Crippen LogP contribution >= 0.6 is 0 Å². The lowest BCUT2D eigenvalue weighted by Gasteiger charge is -2.32. The first-order valence-electron chi connectivity index (χ1n) is 4.76. The normalized spacial score (nSPS) is 24.6. The van der Waals surface area contributed by atoms with Crippen LogP contribution in [0.1, 0.15) is 19.4 Å². The van der Waals surface area contributed by atoms with Gasteiger partial charge < -0.3 is 10.4 Å². The van der Waals surface area contributed by atoms with E-state index in [1.165, 1.54) is 0 Å². The smallest absolute Gasteiger partial charge is 0.188 e. The molecule has 1 aliphatic heterocycles. The molecule has 0 saturated heterocycles. The van der Waals surface area contributed by atoms with Crippen LogP contribution < -0.4 is 5.32 Å². The van der Waals surface area contributed by atoms with Gasteiger partial charge in [0.1, 0.15) is 0 Å². The van der Waals surface area contributed by atoms with Gasteiger partial charge in [-0.05, 0) is 6.07 Å². The molecule has 0 saturated carbocycles.